The largest absolute Gasteiger partial charge is 0.487 e. The molecule has 10 heteroatoms. The second-order valence-electron chi connectivity index (χ2n) is 5.33. The van der Waals surface area contributed by atoms with Crippen LogP contribution >= 0.6 is 23.2 Å². The van der Waals surface area contributed by atoms with Gasteiger partial charge in [-0.05, 0) is 36.4 Å². The summed E-state index contributed by atoms with van der Waals surface area (Å²) in [6.45, 7) is -0.638. The third-order valence-corrected chi connectivity index (χ3v) is 5.80. The van der Waals surface area contributed by atoms with Gasteiger partial charge in [-0.2, -0.15) is 4.31 Å². The van der Waals surface area contributed by atoms with Crippen molar-refractivity contribution in [3.05, 3.63) is 58.3 Å². The standard InChI is InChI=1S/C17H16Cl2FNO5S/c1-21(27(23,24)13-7-5-12(20)6-8-13)11-16(22)25-9-10-26-17-14(18)3-2-4-15(17)19/h2-8H,9-11H2,1H3. The van der Waals surface area contributed by atoms with Crippen LogP contribution < -0.4 is 4.74 Å². The van der Waals surface area contributed by atoms with Crippen LogP contribution in [-0.4, -0.2) is 45.5 Å². The van der Waals surface area contributed by atoms with E-state index in [1.54, 1.807) is 18.2 Å². The van der Waals surface area contributed by atoms with Crippen LogP contribution in [0.3, 0.4) is 0 Å². The first kappa shape index (κ1) is 21.4. The van der Waals surface area contributed by atoms with Crippen LogP contribution in [0.4, 0.5) is 4.39 Å². The van der Waals surface area contributed by atoms with Gasteiger partial charge >= 0.3 is 5.97 Å². The highest BCUT2D eigenvalue weighted by Gasteiger charge is 2.23. The Morgan fingerprint density at radius 1 is 1.07 bits per heavy atom. The van der Waals surface area contributed by atoms with Crippen LogP contribution in [0.2, 0.25) is 10.0 Å². The molecule has 27 heavy (non-hydrogen) atoms. The van der Waals surface area contributed by atoms with Gasteiger partial charge in [-0.3, -0.25) is 4.79 Å². The number of sulfonamides is 1. The molecule has 0 fully saturated rings. The minimum Gasteiger partial charge on any atom is -0.487 e. The summed E-state index contributed by atoms with van der Waals surface area (Å²) in [6, 6.07) is 9.15. The molecule has 0 atom stereocenters. The molecule has 0 aliphatic carbocycles. The van der Waals surface area contributed by atoms with Gasteiger partial charge in [-0.1, -0.05) is 29.3 Å². The lowest BCUT2D eigenvalue weighted by Gasteiger charge is -2.16. The Hall–Kier alpha value is -1.87. The van der Waals surface area contributed by atoms with Crippen molar-refractivity contribution in [1.82, 2.24) is 4.31 Å². The summed E-state index contributed by atoms with van der Waals surface area (Å²) in [5, 5.41) is 0.637. The molecule has 0 aliphatic heterocycles. The zero-order valence-electron chi connectivity index (χ0n) is 14.2. The van der Waals surface area contributed by atoms with E-state index in [2.05, 4.69) is 0 Å². The molecule has 0 radical (unpaired) electrons. The Morgan fingerprint density at radius 2 is 1.67 bits per heavy atom. The third kappa shape index (κ3) is 5.80. The van der Waals surface area contributed by atoms with Gasteiger partial charge in [0.15, 0.2) is 5.75 Å². The zero-order valence-corrected chi connectivity index (χ0v) is 16.5. The fraction of sp³-hybridized carbons (Fsp3) is 0.235. The van der Waals surface area contributed by atoms with Gasteiger partial charge in [-0.15, -0.1) is 0 Å². The van der Waals surface area contributed by atoms with Crippen molar-refractivity contribution < 1.29 is 27.1 Å². The van der Waals surface area contributed by atoms with Crippen LogP contribution in [0.5, 0.6) is 5.75 Å². The van der Waals surface area contributed by atoms with Crippen molar-refractivity contribution in [2.75, 3.05) is 26.8 Å². The van der Waals surface area contributed by atoms with Gasteiger partial charge < -0.3 is 9.47 Å². The van der Waals surface area contributed by atoms with Crippen LogP contribution in [0.1, 0.15) is 0 Å². The maximum absolute atomic E-state index is 12.9. The smallest absolute Gasteiger partial charge is 0.321 e. The maximum atomic E-state index is 12.9. The second-order valence-corrected chi connectivity index (χ2v) is 8.19. The van der Waals surface area contributed by atoms with Crippen LogP contribution in [0.15, 0.2) is 47.4 Å². The molecule has 0 spiro atoms. The first-order valence-corrected chi connectivity index (χ1v) is 9.86. The molecular formula is C17H16Cl2FNO5S. The lowest BCUT2D eigenvalue weighted by atomic mass is 10.3. The van der Waals surface area contributed by atoms with E-state index in [-0.39, 0.29) is 23.9 Å². The number of hydrogen-bond acceptors (Lipinski definition) is 5. The van der Waals surface area contributed by atoms with Gasteiger partial charge in [0.2, 0.25) is 10.0 Å². The molecule has 0 N–H and O–H groups in total. The van der Waals surface area contributed by atoms with Gasteiger partial charge in [0.05, 0.1) is 14.9 Å². The molecule has 2 rings (SSSR count). The number of ether oxygens (including phenoxy) is 2. The zero-order chi connectivity index (χ0) is 20.0. The Bertz CT molecular complexity index is 886. The number of esters is 1. The lowest BCUT2D eigenvalue weighted by molar-refractivity contribution is -0.144. The number of rotatable bonds is 8. The Morgan fingerprint density at radius 3 is 2.26 bits per heavy atom. The number of nitrogens with zero attached hydrogens (tertiary/aromatic N) is 1. The minimum absolute atomic E-state index is 0.0103. The molecular weight excluding hydrogens is 420 g/mol. The molecule has 2 aromatic carbocycles. The van der Waals surface area contributed by atoms with Crippen LogP contribution in [-0.2, 0) is 19.6 Å². The summed E-state index contributed by atoms with van der Waals surface area (Å²) in [7, 11) is -2.71. The normalized spacial score (nSPS) is 11.4. The van der Waals surface area contributed by atoms with Crippen molar-refractivity contribution in [2.45, 2.75) is 4.90 Å². The molecule has 0 saturated carbocycles. The van der Waals surface area contributed by atoms with E-state index >= 15 is 0 Å². The van der Waals surface area contributed by atoms with Gasteiger partial charge in [0, 0.05) is 7.05 Å². The Labute approximate surface area is 166 Å². The average molecular weight is 436 g/mol. The van der Waals surface area contributed by atoms with Crippen molar-refractivity contribution >= 4 is 39.2 Å². The molecule has 0 bridgehead atoms. The SMILES string of the molecule is CN(CC(=O)OCCOc1c(Cl)cccc1Cl)S(=O)(=O)c1ccc(F)cc1. The summed E-state index contributed by atoms with van der Waals surface area (Å²) >= 11 is 11.9. The molecule has 0 unspecified atom stereocenters. The van der Waals surface area contributed by atoms with Gasteiger partial charge in [0.25, 0.3) is 0 Å². The van der Waals surface area contributed by atoms with E-state index in [1.807, 2.05) is 0 Å². The molecule has 0 aliphatic rings. The van der Waals surface area contributed by atoms with E-state index in [0.717, 1.165) is 28.6 Å². The lowest BCUT2D eigenvalue weighted by Crippen LogP contribution is -2.33. The first-order chi connectivity index (χ1) is 12.7. The maximum Gasteiger partial charge on any atom is 0.321 e. The van der Waals surface area contributed by atoms with Gasteiger partial charge in [-0.25, -0.2) is 12.8 Å². The quantitative estimate of drug-likeness (QED) is 0.469. The minimum atomic E-state index is -3.94. The second kappa shape index (κ2) is 9.36. The molecule has 6 nitrogen and oxygen atoms in total. The summed E-state index contributed by atoms with van der Waals surface area (Å²) < 4.78 is 48.7. The third-order valence-electron chi connectivity index (χ3n) is 3.39. The molecule has 0 heterocycles. The van der Waals surface area contributed by atoms with Crippen LogP contribution in [0.25, 0.3) is 0 Å². The van der Waals surface area contributed by atoms with Crippen molar-refractivity contribution in [1.29, 1.82) is 0 Å². The number of benzene rings is 2. The number of carbonyl (C=O) groups is 1. The summed E-state index contributed by atoms with van der Waals surface area (Å²) in [6.07, 6.45) is 0. The predicted molar refractivity (Wildman–Crippen MR) is 99.1 cm³/mol. The summed E-state index contributed by atoms with van der Waals surface area (Å²) in [4.78, 5) is 11.7. The van der Waals surface area contributed by atoms with Crippen LogP contribution in [0, 0.1) is 5.82 Å². The number of halogens is 3. The fourth-order valence-electron chi connectivity index (χ4n) is 2.02. The summed E-state index contributed by atoms with van der Waals surface area (Å²) in [5.74, 6) is -1.06. The highest BCUT2D eigenvalue weighted by atomic mass is 35.5. The Kier molecular flexibility index (Phi) is 7.43. The first-order valence-electron chi connectivity index (χ1n) is 7.66. The fourth-order valence-corrected chi connectivity index (χ4v) is 3.64. The Balaban J connectivity index is 1.83. The monoisotopic (exact) mass is 435 g/mol. The van der Waals surface area contributed by atoms with E-state index in [1.165, 1.54) is 7.05 Å². The molecule has 2 aromatic rings. The van der Waals surface area contributed by atoms with Crippen molar-refractivity contribution in [2.24, 2.45) is 0 Å². The van der Waals surface area contributed by atoms with E-state index < -0.39 is 28.4 Å². The van der Waals surface area contributed by atoms with E-state index in [0.29, 0.717) is 10.0 Å². The number of likely N-dealkylation sites (N-methyl/N-ethyl adjacent to an activating group) is 1. The highest BCUT2D eigenvalue weighted by Crippen LogP contribution is 2.32. The number of carbonyl (C=O) groups excluding carboxylic acids is 1. The predicted octanol–water partition coefficient (Wildman–Crippen LogP) is 3.38. The molecule has 0 amide bonds. The van der Waals surface area contributed by atoms with E-state index in [9.17, 15) is 17.6 Å². The molecule has 0 aromatic heterocycles. The highest BCUT2D eigenvalue weighted by molar-refractivity contribution is 7.89. The topological polar surface area (TPSA) is 72.9 Å². The van der Waals surface area contributed by atoms with E-state index in [4.69, 9.17) is 32.7 Å². The molecule has 0 saturated heterocycles. The van der Waals surface area contributed by atoms with Crippen molar-refractivity contribution in [3.63, 3.8) is 0 Å². The van der Waals surface area contributed by atoms with Crippen molar-refractivity contribution in [3.8, 4) is 5.75 Å². The summed E-state index contributed by atoms with van der Waals surface area (Å²) in [5.41, 5.74) is 0. The average Bonchev–Trinajstić information content (AvgIpc) is 2.61. The number of para-hydroxylation sites is 1. The number of hydrogen-bond donors (Lipinski definition) is 0. The molecule has 146 valence electrons. The van der Waals surface area contributed by atoms with Gasteiger partial charge in [0.1, 0.15) is 25.6 Å².